The van der Waals surface area contributed by atoms with Gasteiger partial charge in [0, 0.05) is 39.9 Å². The second-order valence-electron chi connectivity index (χ2n) is 11.6. The van der Waals surface area contributed by atoms with Crippen LogP contribution < -0.4 is 0 Å². The Morgan fingerprint density at radius 2 is 1.62 bits per heavy atom. The summed E-state index contributed by atoms with van der Waals surface area (Å²) in [6.07, 6.45) is -3.49. The molecule has 2 heterocycles. The van der Waals surface area contributed by atoms with Gasteiger partial charge in [0.25, 0.3) is 0 Å². The quantitative estimate of drug-likeness (QED) is 0.187. The fraction of sp³-hybridized carbons (Fsp3) is 1.00. The van der Waals surface area contributed by atoms with E-state index >= 15 is 0 Å². The Kier molecular flexibility index (Phi) is 13.1. The maximum Gasteiger partial charge on any atom is 0.160 e. The highest BCUT2D eigenvalue weighted by Crippen LogP contribution is 2.35. The molecule has 2 saturated heterocycles. The molecule has 2 fully saturated rings. The van der Waals surface area contributed by atoms with Crippen LogP contribution in [0.15, 0.2) is 0 Å². The van der Waals surface area contributed by atoms with E-state index in [0.717, 1.165) is 0 Å². The van der Waals surface area contributed by atoms with Crippen molar-refractivity contribution in [1.29, 1.82) is 0 Å². The van der Waals surface area contributed by atoms with Crippen molar-refractivity contribution in [2.75, 3.05) is 34.0 Å². The highest BCUT2D eigenvalue weighted by molar-refractivity contribution is 4.93. The summed E-state index contributed by atoms with van der Waals surface area (Å²) < 4.78 is 34.3. The number of hydrogen-bond donors (Lipinski definition) is 5. The highest BCUT2D eigenvalue weighted by atomic mass is 16.7. The number of aliphatic hydroxyl groups excluding tert-OH is 5. The molecule has 2 aliphatic heterocycles. The number of hydrogen-bond acceptors (Lipinski definition) is 11. The summed E-state index contributed by atoms with van der Waals surface area (Å²) in [6, 6.07) is 0. The number of rotatable bonds is 15. The van der Waals surface area contributed by atoms with Crippen LogP contribution in [-0.2, 0) is 28.4 Å². The van der Waals surface area contributed by atoms with Gasteiger partial charge in [-0.25, -0.2) is 0 Å². The predicted octanol–water partition coefficient (Wildman–Crippen LogP) is 0.712. The SMILES string of the molecule is COC(C[C@@H](O)CCC(C)(C)CO[C@@H]1C[C@@H](O)[C@H](OC(C)(C)C2C[C@@H](O)C[C@@H](CO)O2)[C@@H](CO)O1)OC. The van der Waals surface area contributed by atoms with Crippen molar-refractivity contribution in [3.63, 3.8) is 0 Å². The molecule has 0 aromatic heterocycles. The zero-order chi connectivity index (χ0) is 27.8. The summed E-state index contributed by atoms with van der Waals surface area (Å²) in [5.74, 6) is 0. The van der Waals surface area contributed by atoms with Gasteiger partial charge < -0.3 is 54.0 Å². The van der Waals surface area contributed by atoms with Gasteiger partial charge in [-0.2, -0.15) is 0 Å². The minimum Gasteiger partial charge on any atom is -0.394 e. The molecule has 220 valence electrons. The monoisotopic (exact) mass is 538 g/mol. The van der Waals surface area contributed by atoms with Gasteiger partial charge >= 0.3 is 0 Å². The fourth-order valence-electron chi connectivity index (χ4n) is 4.87. The third kappa shape index (κ3) is 10.2. The van der Waals surface area contributed by atoms with Crippen molar-refractivity contribution in [3.8, 4) is 0 Å². The molecule has 11 heteroatoms. The van der Waals surface area contributed by atoms with Crippen molar-refractivity contribution >= 4 is 0 Å². The average molecular weight is 539 g/mol. The van der Waals surface area contributed by atoms with Crippen LogP contribution in [0, 0.1) is 5.41 Å². The first-order chi connectivity index (χ1) is 17.3. The van der Waals surface area contributed by atoms with Crippen molar-refractivity contribution < 1.29 is 54.0 Å². The number of ether oxygens (including phenoxy) is 6. The molecule has 8 atom stereocenters. The van der Waals surface area contributed by atoms with Gasteiger partial charge in [-0.15, -0.1) is 0 Å². The van der Waals surface area contributed by atoms with E-state index < -0.39 is 60.9 Å². The third-order valence-corrected chi connectivity index (χ3v) is 7.29. The molecular weight excluding hydrogens is 488 g/mol. The van der Waals surface area contributed by atoms with E-state index in [1.807, 2.05) is 13.8 Å². The van der Waals surface area contributed by atoms with Crippen LogP contribution in [0.3, 0.4) is 0 Å². The third-order valence-electron chi connectivity index (χ3n) is 7.29. The molecule has 2 rings (SSSR count). The smallest absolute Gasteiger partial charge is 0.160 e. The fourth-order valence-corrected chi connectivity index (χ4v) is 4.87. The average Bonchev–Trinajstić information content (AvgIpc) is 2.85. The molecule has 0 saturated carbocycles. The summed E-state index contributed by atoms with van der Waals surface area (Å²) in [5, 5.41) is 50.9. The molecule has 0 aromatic rings. The summed E-state index contributed by atoms with van der Waals surface area (Å²) >= 11 is 0. The lowest BCUT2D eigenvalue weighted by atomic mass is 9.87. The van der Waals surface area contributed by atoms with Gasteiger partial charge in [-0.3, -0.25) is 0 Å². The lowest BCUT2D eigenvalue weighted by molar-refractivity contribution is -0.299. The zero-order valence-electron chi connectivity index (χ0n) is 23.2. The van der Waals surface area contributed by atoms with E-state index in [1.165, 1.54) is 14.2 Å². The van der Waals surface area contributed by atoms with Crippen LogP contribution in [0.5, 0.6) is 0 Å². The van der Waals surface area contributed by atoms with E-state index in [-0.39, 0.29) is 25.0 Å². The maximum absolute atomic E-state index is 10.9. The summed E-state index contributed by atoms with van der Waals surface area (Å²) in [5.41, 5.74) is -1.18. The minimum absolute atomic E-state index is 0.159. The molecular formula is C26H50O11. The van der Waals surface area contributed by atoms with Crippen LogP contribution in [0.2, 0.25) is 0 Å². The molecule has 2 aliphatic rings. The molecule has 0 bridgehead atoms. The first kappa shape index (κ1) is 32.8. The predicted molar refractivity (Wildman–Crippen MR) is 134 cm³/mol. The Labute approximate surface area is 221 Å². The van der Waals surface area contributed by atoms with Crippen LogP contribution in [0.25, 0.3) is 0 Å². The van der Waals surface area contributed by atoms with Gasteiger partial charge in [0.1, 0.15) is 12.2 Å². The van der Waals surface area contributed by atoms with Crippen molar-refractivity contribution in [2.24, 2.45) is 5.41 Å². The lowest BCUT2D eigenvalue weighted by Gasteiger charge is -2.46. The Balaban J connectivity index is 1.88. The molecule has 0 aliphatic carbocycles. The molecule has 1 unspecified atom stereocenters. The second-order valence-corrected chi connectivity index (χ2v) is 11.6. The first-order valence-corrected chi connectivity index (χ1v) is 13.3. The number of methoxy groups -OCH3 is 2. The van der Waals surface area contributed by atoms with Gasteiger partial charge in [0.15, 0.2) is 12.6 Å². The van der Waals surface area contributed by atoms with Gasteiger partial charge in [-0.05, 0) is 32.1 Å². The molecule has 5 N–H and O–H groups in total. The normalized spacial score (nSPS) is 32.6. The van der Waals surface area contributed by atoms with E-state index in [9.17, 15) is 25.5 Å². The van der Waals surface area contributed by atoms with Gasteiger partial charge in [-0.1, -0.05) is 13.8 Å². The van der Waals surface area contributed by atoms with Crippen LogP contribution >= 0.6 is 0 Å². The molecule has 0 radical (unpaired) electrons. The van der Waals surface area contributed by atoms with Gasteiger partial charge in [0.05, 0.1) is 55.9 Å². The topological polar surface area (TPSA) is 157 Å². The Bertz CT molecular complexity index is 642. The van der Waals surface area contributed by atoms with Crippen molar-refractivity contribution in [2.45, 2.75) is 127 Å². The molecule has 0 amide bonds. The lowest BCUT2D eigenvalue weighted by Crippen LogP contribution is -2.58. The largest absolute Gasteiger partial charge is 0.394 e. The standard InChI is InChI=1S/C26H50O11/c1-25(2,8-7-16(29)11-22(32-5)33-6)15-34-23-12-19(31)24(20(14-28)36-23)37-26(3,4)21-10-17(30)9-18(13-27)35-21/h16-24,27-31H,7-15H2,1-6H3/t16-,17-,18-,19+,20+,21?,23-,24-/m0/s1. The Morgan fingerprint density at radius 3 is 2.22 bits per heavy atom. The molecule has 37 heavy (non-hydrogen) atoms. The molecule has 0 aromatic carbocycles. The van der Waals surface area contributed by atoms with Crippen LogP contribution in [0.1, 0.15) is 66.2 Å². The summed E-state index contributed by atoms with van der Waals surface area (Å²) in [4.78, 5) is 0. The molecule has 0 spiro atoms. The van der Waals surface area contributed by atoms with Gasteiger partial charge in [0.2, 0.25) is 0 Å². The van der Waals surface area contributed by atoms with E-state index in [1.54, 1.807) is 13.8 Å². The minimum atomic E-state index is -0.956. The summed E-state index contributed by atoms with van der Waals surface area (Å²) in [7, 11) is 3.07. The Hall–Kier alpha value is -0.440. The van der Waals surface area contributed by atoms with E-state index in [2.05, 4.69) is 0 Å². The molecule has 11 nitrogen and oxygen atoms in total. The van der Waals surface area contributed by atoms with E-state index in [4.69, 9.17) is 28.4 Å². The highest BCUT2D eigenvalue weighted by Gasteiger charge is 2.46. The second kappa shape index (κ2) is 14.8. The van der Waals surface area contributed by atoms with Crippen molar-refractivity contribution in [3.05, 3.63) is 0 Å². The van der Waals surface area contributed by atoms with Crippen LogP contribution in [0.4, 0.5) is 0 Å². The zero-order valence-corrected chi connectivity index (χ0v) is 23.2. The Morgan fingerprint density at radius 1 is 0.946 bits per heavy atom. The summed E-state index contributed by atoms with van der Waals surface area (Å²) in [6.45, 7) is 7.41. The first-order valence-electron chi connectivity index (χ1n) is 13.3. The maximum atomic E-state index is 10.9. The van der Waals surface area contributed by atoms with Crippen LogP contribution in [-0.4, -0.2) is 120 Å². The van der Waals surface area contributed by atoms with E-state index in [0.29, 0.717) is 38.7 Å². The van der Waals surface area contributed by atoms with Crippen molar-refractivity contribution in [1.82, 2.24) is 0 Å². The number of aliphatic hydroxyl groups is 5.